The molecule has 1 amide bonds. The van der Waals surface area contributed by atoms with Gasteiger partial charge in [-0.15, -0.1) is 0 Å². The maximum atomic E-state index is 12.4. The van der Waals surface area contributed by atoms with Crippen LogP contribution < -0.4 is 11.1 Å². The minimum atomic E-state index is -0.457. The van der Waals surface area contributed by atoms with Crippen LogP contribution in [-0.4, -0.2) is 29.1 Å². The van der Waals surface area contributed by atoms with Gasteiger partial charge in [0.2, 0.25) is 5.91 Å². The second-order valence-electron chi connectivity index (χ2n) is 5.47. The van der Waals surface area contributed by atoms with Crippen molar-refractivity contribution < 1.29 is 9.53 Å². The number of nitrogens with one attached hydrogen (secondary N) is 1. The Bertz CT molecular complexity index is 468. The van der Waals surface area contributed by atoms with Crippen LogP contribution in [0, 0.1) is 5.41 Å². The van der Waals surface area contributed by atoms with Crippen LogP contribution in [0.3, 0.4) is 0 Å². The quantitative estimate of drug-likeness (QED) is 0.832. The van der Waals surface area contributed by atoms with E-state index in [9.17, 15) is 4.79 Å². The van der Waals surface area contributed by atoms with Crippen molar-refractivity contribution in [3.05, 3.63) is 24.4 Å². The van der Waals surface area contributed by atoms with E-state index in [0.717, 1.165) is 12.8 Å². The number of ether oxygens (including phenoxy) is 1. The van der Waals surface area contributed by atoms with E-state index in [1.165, 1.54) is 0 Å². The lowest BCUT2D eigenvalue weighted by molar-refractivity contribution is -0.130. The average molecular weight is 247 g/mol. The van der Waals surface area contributed by atoms with E-state index < -0.39 is 5.41 Å². The first kappa shape index (κ1) is 11.6. The maximum Gasteiger partial charge on any atom is 0.234 e. The van der Waals surface area contributed by atoms with Crippen LogP contribution in [0.5, 0.6) is 0 Å². The van der Waals surface area contributed by atoms with Gasteiger partial charge >= 0.3 is 0 Å². The normalized spacial score (nSPS) is 37.1. The number of hydrogen-bond acceptors (Lipinski definition) is 4. The van der Waals surface area contributed by atoms with Crippen molar-refractivity contribution in [2.45, 2.75) is 31.5 Å². The summed E-state index contributed by atoms with van der Waals surface area (Å²) in [6.07, 6.45) is 2.98. The molecular weight excluding hydrogens is 230 g/mol. The monoisotopic (exact) mass is 247 g/mol. The van der Waals surface area contributed by atoms with Gasteiger partial charge in [-0.3, -0.25) is 4.79 Å². The molecule has 2 aliphatic heterocycles. The first-order chi connectivity index (χ1) is 8.58. The molecular formula is C13H17N3O2. The van der Waals surface area contributed by atoms with E-state index >= 15 is 0 Å². The summed E-state index contributed by atoms with van der Waals surface area (Å²) in [7, 11) is 0. The average Bonchev–Trinajstić information content (AvgIpc) is 2.79. The zero-order valence-electron chi connectivity index (χ0n) is 10.3. The number of amides is 1. The van der Waals surface area contributed by atoms with Crippen LogP contribution in [0.2, 0.25) is 0 Å². The van der Waals surface area contributed by atoms with E-state index in [4.69, 9.17) is 10.5 Å². The molecule has 1 saturated carbocycles. The topological polar surface area (TPSA) is 77.2 Å². The third-order valence-corrected chi connectivity index (χ3v) is 3.99. The summed E-state index contributed by atoms with van der Waals surface area (Å²) < 4.78 is 5.83. The Balaban J connectivity index is 1.77. The van der Waals surface area contributed by atoms with Gasteiger partial charge < -0.3 is 15.8 Å². The summed E-state index contributed by atoms with van der Waals surface area (Å²) in [6.45, 7) is 2.42. The first-order valence-corrected chi connectivity index (χ1v) is 6.18. The lowest BCUT2D eigenvalue weighted by Gasteiger charge is -2.41. The van der Waals surface area contributed by atoms with Gasteiger partial charge in [-0.05, 0) is 31.9 Å². The molecule has 5 nitrogen and oxygen atoms in total. The molecule has 1 atom stereocenters. The molecule has 3 N–H and O–H groups in total. The molecule has 18 heavy (non-hydrogen) atoms. The van der Waals surface area contributed by atoms with Gasteiger partial charge in [0.15, 0.2) is 0 Å². The standard InChI is InChI=1S/C13H17N3O2/c1-12-7-13(8-12,9(6-14)18-12)11(17)16-10-4-2-3-5-15-10/h2-5,9H,6-8,14H2,1H3,(H,15,16,17). The molecule has 2 bridgehead atoms. The first-order valence-electron chi connectivity index (χ1n) is 6.18. The number of hydrogen-bond donors (Lipinski definition) is 2. The lowest BCUT2D eigenvalue weighted by atomic mass is 9.60. The molecule has 96 valence electrons. The van der Waals surface area contributed by atoms with E-state index in [1.807, 2.05) is 19.1 Å². The molecule has 3 heterocycles. The largest absolute Gasteiger partial charge is 0.370 e. The van der Waals surface area contributed by atoms with Crippen molar-refractivity contribution in [2.24, 2.45) is 11.1 Å². The molecule has 0 spiro atoms. The Hall–Kier alpha value is -1.46. The lowest BCUT2D eigenvalue weighted by Crippen LogP contribution is -2.52. The highest BCUT2D eigenvalue weighted by molar-refractivity contribution is 5.96. The third-order valence-electron chi connectivity index (χ3n) is 3.99. The zero-order valence-corrected chi connectivity index (χ0v) is 10.3. The molecule has 0 aromatic carbocycles. The van der Waals surface area contributed by atoms with Gasteiger partial charge in [-0.2, -0.15) is 0 Å². The summed E-state index contributed by atoms with van der Waals surface area (Å²) >= 11 is 0. The molecule has 2 saturated heterocycles. The molecule has 3 fully saturated rings. The molecule has 1 unspecified atom stereocenters. The van der Waals surface area contributed by atoms with E-state index in [2.05, 4.69) is 10.3 Å². The van der Waals surface area contributed by atoms with Gasteiger partial charge in [0.25, 0.3) is 0 Å². The second-order valence-corrected chi connectivity index (χ2v) is 5.47. The predicted molar refractivity (Wildman–Crippen MR) is 66.9 cm³/mol. The number of aromatic nitrogens is 1. The van der Waals surface area contributed by atoms with E-state index in [1.54, 1.807) is 12.3 Å². The Morgan fingerprint density at radius 1 is 1.61 bits per heavy atom. The van der Waals surface area contributed by atoms with Gasteiger partial charge in [-0.1, -0.05) is 6.07 Å². The Labute approximate surface area is 106 Å². The highest BCUT2D eigenvalue weighted by Crippen LogP contribution is 2.61. The fraction of sp³-hybridized carbons (Fsp3) is 0.538. The zero-order chi connectivity index (χ0) is 12.8. The Morgan fingerprint density at radius 2 is 2.39 bits per heavy atom. The highest BCUT2D eigenvalue weighted by atomic mass is 16.5. The van der Waals surface area contributed by atoms with Crippen molar-refractivity contribution in [3.8, 4) is 0 Å². The summed E-state index contributed by atoms with van der Waals surface area (Å²) in [4.78, 5) is 16.5. The predicted octanol–water partition coefficient (Wildman–Crippen LogP) is 0.916. The summed E-state index contributed by atoms with van der Waals surface area (Å²) in [5, 5.41) is 2.86. The van der Waals surface area contributed by atoms with Gasteiger partial charge in [0, 0.05) is 12.7 Å². The number of carbonyl (C=O) groups excluding carboxylic acids is 1. The smallest absolute Gasteiger partial charge is 0.234 e. The highest BCUT2D eigenvalue weighted by Gasteiger charge is 2.68. The third kappa shape index (κ3) is 1.54. The number of carbonyl (C=O) groups is 1. The van der Waals surface area contributed by atoms with Crippen LogP contribution in [0.1, 0.15) is 19.8 Å². The van der Waals surface area contributed by atoms with Crippen LogP contribution in [0.15, 0.2) is 24.4 Å². The number of nitrogens with zero attached hydrogens (tertiary/aromatic N) is 1. The van der Waals surface area contributed by atoms with Crippen LogP contribution in [-0.2, 0) is 9.53 Å². The van der Waals surface area contributed by atoms with E-state index in [-0.39, 0.29) is 17.6 Å². The number of pyridine rings is 1. The molecule has 0 radical (unpaired) electrons. The number of fused-ring (bicyclic) bond motifs is 1. The fourth-order valence-corrected chi connectivity index (χ4v) is 3.31. The molecule has 5 heteroatoms. The Morgan fingerprint density at radius 3 is 3.00 bits per heavy atom. The van der Waals surface area contributed by atoms with Crippen molar-refractivity contribution in [1.82, 2.24) is 4.98 Å². The molecule has 4 rings (SSSR count). The second kappa shape index (κ2) is 3.76. The van der Waals surface area contributed by atoms with Crippen molar-refractivity contribution >= 4 is 11.7 Å². The Kier molecular flexibility index (Phi) is 2.43. The molecule has 1 aromatic heterocycles. The van der Waals surface area contributed by atoms with Crippen molar-refractivity contribution in [2.75, 3.05) is 11.9 Å². The molecule has 1 aromatic rings. The van der Waals surface area contributed by atoms with Gasteiger partial charge in [0.1, 0.15) is 5.82 Å². The van der Waals surface area contributed by atoms with Crippen LogP contribution in [0.4, 0.5) is 5.82 Å². The van der Waals surface area contributed by atoms with Crippen molar-refractivity contribution in [1.29, 1.82) is 0 Å². The number of nitrogens with two attached hydrogens (primary N) is 1. The molecule has 3 aliphatic rings. The van der Waals surface area contributed by atoms with Gasteiger partial charge in [-0.25, -0.2) is 4.98 Å². The number of anilines is 1. The minimum Gasteiger partial charge on any atom is -0.370 e. The summed E-state index contributed by atoms with van der Waals surface area (Å²) in [5.41, 5.74) is 5.09. The SMILES string of the molecule is CC12CC(C(=O)Nc3ccccn3)(C1)C(CN)O2. The van der Waals surface area contributed by atoms with Crippen molar-refractivity contribution in [3.63, 3.8) is 0 Å². The van der Waals surface area contributed by atoms with E-state index in [0.29, 0.717) is 12.4 Å². The van der Waals surface area contributed by atoms with Crippen LogP contribution >= 0.6 is 0 Å². The van der Waals surface area contributed by atoms with Crippen LogP contribution in [0.25, 0.3) is 0 Å². The fourth-order valence-electron chi connectivity index (χ4n) is 3.31. The minimum absolute atomic E-state index is 0.0216. The molecule has 1 aliphatic carbocycles. The summed E-state index contributed by atoms with van der Waals surface area (Å²) in [5.74, 6) is 0.555. The maximum absolute atomic E-state index is 12.4. The number of rotatable bonds is 3. The summed E-state index contributed by atoms with van der Waals surface area (Å²) in [6, 6.07) is 5.44. The van der Waals surface area contributed by atoms with Gasteiger partial charge in [0.05, 0.1) is 17.1 Å².